The van der Waals surface area contributed by atoms with Gasteiger partial charge in [-0.25, -0.2) is 4.79 Å². The molecule has 4 atom stereocenters. The van der Waals surface area contributed by atoms with Crippen molar-refractivity contribution in [1.82, 2.24) is 9.13 Å². The van der Waals surface area contributed by atoms with Crippen LogP contribution in [0.3, 0.4) is 0 Å². The van der Waals surface area contributed by atoms with Crippen molar-refractivity contribution in [2.24, 2.45) is 7.05 Å². The first-order valence-corrected chi connectivity index (χ1v) is 10.2. The standard InChI is InChI=1S/C14H24N3O4P/c1-16-10(15)5-7-17(14(16)20)13-12(19)11(18)9(21-13)6-8-22(2,3)4/h5,7,9,11-13,15,18-19H,2,6,8H2,1,3-4H3/t9-,11-,12?,13-/m1/s1. The zero-order valence-corrected chi connectivity index (χ0v) is 14.0. The Morgan fingerprint density at radius 1 is 1.41 bits per heavy atom. The third-order valence-electron chi connectivity index (χ3n) is 3.89. The Labute approximate surface area is 129 Å². The largest absolute Gasteiger partial charge is 0.388 e. The number of nitrogens with one attached hydrogen (secondary N) is 1. The summed E-state index contributed by atoms with van der Waals surface area (Å²) in [5, 5.41) is 27.9. The fraction of sp³-hybridized carbons (Fsp3) is 0.643. The first-order valence-electron chi connectivity index (χ1n) is 7.13. The van der Waals surface area contributed by atoms with Gasteiger partial charge in [0.15, 0.2) is 6.23 Å². The molecule has 1 aliphatic rings. The van der Waals surface area contributed by atoms with Crippen LogP contribution in [0.2, 0.25) is 0 Å². The lowest BCUT2D eigenvalue weighted by atomic mass is 10.1. The zero-order chi connectivity index (χ0) is 16.7. The molecule has 1 fully saturated rings. The van der Waals surface area contributed by atoms with Crippen LogP contribution in [-0.4, -0.2) is 63.5 Å². The molecule has 8 heteroatoms. The lowest BCUT2D eigenvalue weighted by Crippen LogP contribution is -2.41. The molecule has 0 amide bonds. The maximum absolute atomic E-state index is 12.2. The van der Waals surface area contributed by atoms with Gasteiger partial charge in [0.2, 0.25) is 0 Å². The number of rotatable bonds is 4. The van der Waals surface area contributed by atoms with Gasteiger partial charge in [-0.3, -0.25) is 14.5 Å². The first-order chi connectivity index (χ1) is 10.1. The van der Waals surface area contributed by atoms with Gasteiger partial charge in [-0.15, -0.1) is 13.2 Å². The Balaban J connectivity index is 2.24. The average molecular weight is 329 g/mol. The molecule has 7 nitrogen and oxygen atoms in total. The summed E-state index contributed by atoms with van der Waals surface area (Å²) in [7, 11) is 1.48. The zero-order valence-electron chi connectivity index (χ0n) is 13.1. The highest BCUT2D eigenvalue weighted by Gasteiger charge is 2.43. The number of nitrogens with zero attached hydrogens (tertiary/aromatic N) is 2. The summed E-state index contributed by atoms with van der Waals surface area (Å²) in [6.07, 6.45) is 3.29. The molecule has 0 aliphatic carbocycles. The average Bonchev–Trinajstić information content (AvgIpc) is 2.70. The van der Waals surface area contributed by atoms with E-state index >= 15 is 0 Å². The minimum Gasteiger partial charge on any atom is -0.388 e. The van der Waals surface area contributed by atoms with Gasteiger partial charge in [0.25, 0.3) is 0 Å². The van der Waals surface area contributed by atoms with Crippen molar-refractivity contribution < 1.29 is 14.9 Å². The summed E-state index contributed by atoms with van der Waals surface area (Å²) in [5.41, 5.74) is -0.399. The van der Waals surface area contributed by atoms with Crippen molar-refractivity contribution >= 4 is 13.2 Å². The van der Waals surface area contributed by atoms with Gasteiger partial charge in [0.1, 0.15) is 17.7 Å². The topological polar surface area (TPSA) is 100 Å². The van der Waals surface area contributed by atoms with Crippen LogP contribution >= 0.6 is 6.89 Å². The number of hydrogen-bond acceptors (Lipinski definition) is 5. The summed E-state index contributed by atoms with van der Waals surface area (Å²) in [6, 6.07) is 1.45. The predicted molar refractivity (Wildman–Crippen MR) is 86.8 cm³/mol. The van der Waals surface area contributed by atoms with Crippen molar-refractivity contribution in [2.75, 3.05) is 19.5 Å². The molecule has 2 rings (SSSR count). The maximum Gasteiger partial charge on any atom is 0.331 e. The Kier molecular flexibility index (Phi) is 4.82. The molecular weight excluding hydrogens is 305 g/mol. The maximum atomic E-state index is 12.2. The number of aliphatic hydroxyl groups excluding tert-OH is 2. The van der Waals surface area contributed by atoms with Crippen LogP contribution in [0.25, 0.3) is 0 Å². The summed E-state index contributed by atoms with van der Waals surface area (Å²) in [4.78, 5) is 12.2. The Bertz CT molecular complexity index is 705. The first kappa shape index (κ1) is 17.2. The van der Waals surface area contributed by atoms with Gasteiger partial charge in [-0.2, -0.15) is 0 Å². The van der Waals surface area contributed by atoms with Gasteiger partial charge < -0.3 is 14.9 Å². The normalized spacial score (nSPS) is 29.0. The van der Waals surface area contributed by atoms with Gasteiger partial charge >= 0.3 is 5.69 Å². The molecule has 2 heterocycles. The SMILES string of the molecule is C=P(C)(C)CC[C@H]1O[C@@H](n2ccc(=N)n(C)c2=O)C(O)[C@@H]1O. The molecule has 1 aromatic heterocycles. The Morgan fingerprint density at radius 3 is 2.64 bits per heavy atom. The lowest BCUT2D eigenvalue weighted by Gasteiger charge is -2.19. The summed E-state index contributed by atoms with van der Waals surface area (Å²) in [5.74, 6) is 0. The van der Waals surface area contributed by atoms with Crippen LogP contribution in [0, 0.1) is 5.41 Å². The molecule has 0 radical (unpaired) electrons. The number of aromatic nitrogens is 2. The van der Waals surface area contributed by atoms with E-state index in [4.69, 9.17) is 10.1 Å². The van der Waals surface area contributed by atoms with Gasteiger partial charge in [-0.1, -0.05) is 0 Å². The fourth-order valence-corrected chi connectivity index (χ4v) is 3.42. The molecule has 0 spiro atoms. The van der Waals surface area contributed by atoms with Crippen LogP contribution in [0.15, 0.2) is 17.1 Å². The third kappa shape index (κ3) is 3.43. The molecule has 1 aliphatic heterocycles. The molecule has 1 aromatic rings. The van der Waals surface area contributed by atoms with E-state index in [2.05, 4.69) is 19.6 Å². The molecule has 0 aromatic carbocycles. The Hall–Kier alpha value is -1.14. The van der Waals surface area contributed by atoms with E-state index in [1.54, 1.807) is 0 Å². The third-order valence-corrected chi connectivity index (χ3v) is 5.36. The van der Waals surface area contributed by atoms with Crippen molar-refractivity contribution in [1.29, 1.82) is 5.41 Å². The summed E-state index contributed by atoms with van der Waals surface area (Å²) >= 11 is 0. The van der Waals surface area contributed by atoms with Gasteiger partial charge in [-0.05, 0) is 32.0 Å². The van der Waals surface area contributed by atoms with E-state index in [9.17, 15) is 15.0 Å². The molecule has 0 bridgehead atoms. The molecule has 124 valence electrons. The highest BCUT2D eigenvalue weighted by molar-refractivity contribution is 7.72. The van der Waals surface area contributed by atoms with Crippen LogP contribution in [0.5, 0.6) is 0 Å². The molecule has 1 saturated heterocycles. The molecule has 22 heavy (non-hydrogen) atoms. The smallest absolute Gasteiger partial charge is 0.331 e. The molecule has 3 N–H and O–H groups in total. The van der Waals surface area contributed by atoms with E-state index in [1.165, 1.54) is 23.9 Å². The van der Waals surface area contributed by atoms with E-state index in [0.29, 0.717) is 6.42 Å². The quantitative estimate of drug-likeness (QED) is 0.641. The minimum atomic E-state index is -1.25. The van der Waals surface area contributed by atoms with Crippen LogP contribution < -0.4 is 11.2 Å². The number of aliphatic hydroxyl groups is 2. The van der Waals surface area contributed by atoms with E-state index in [0.717, 1.165) is 10.7 Å². The minimum absolute atomic E-state index is 0.0643. The van der Waals surface area contributed by atoms with E-state index < -0.39 is 37.1 Å². The van der Waals surface area contributed by atoms with Crippen molar-refractivity contribution in [3.63, 3.8) is 0 Å². The lowest BCUT2D eigenvalue weighted by molar-refractivity contribution is -0.0408. The second kappa shape index (κ2) is 6.16. The number of hydrogen-bond donors (Lipinski definition) is 3. The van der Waals surface area contributed by atoms with E-state index in [-0.39, 0.29) is 5.49 Å². The van der Waals surface area contributed by atoms with Crippen molar-refractivity contribution in [3.8, 4) is 0 Å². The van der Waals surface area contributed by atoms with Crippen LogP contribution in [0.1, 0.15) is 12.6 Å². The molecule has 0 saturated carbocycles. The predicted octanol–water partition coefficient (Wildman–Crippen LogP) is -0.615. The van der Waals surface area contributed by atoms with Gasteiger partial charge in [0, 0.05) is 13.2 Å². The summed E-state index contributed by atoms with van der Waals surface area (Å²) < 4.78 is 8.09. The summed E-state index contributed by atoms with van der Waals surface area (Å²) in [6.45, 7) is 2.94. The highest BCUT2D eigenvalue weighted by atomic mass is 31.2. The second-order valence-electron chi connectivity index (χ2n) is 6.44. The second-order valence-corrected chi connectivity index (χ2v) is 10.8. The van der Waals surface area contributed by atoms with Crippen molar-refractivity contribution in [3.05, 3.63) is 28.2 Å². The highest BCUT2D eigenvalue weighted by Crippen LogP contribution is 2.39. The Morgan fingerprint density at radius 2 is 2.05 bits per heavy atom. The van der Waals surface area contributed by atoms with Crippen LogP contribution in [-0.2, 0) is 11.8 Å². The van der Waals surface area contributed by atoms with E-state index in [1.807, 2.05) is 0 Å². The van der Waals surface area contributed by atoms with Crippen LogP contribution in [0.4, 0.5) is 0 Å². The van der Waals surface area contributed by atoms with Gasteiger partial charge in [0.05, 0.1) is 6.10 Å². The molecular formula is C14H24N3O4P. The van der Waals surface area contributed by atoms with Crippen molar-refractivity contribution in [2.45, 2.75) is 31.0 Å². The monoisotopic (exact) mass is 329 g/mol. The fourth-order valence-electron chi connectivity index (χ4n) is 2.47. The number of ether oxygens (including phenoxy) is 1. The molecule has 1 unspecified atom stereocenters.